The third-order valence-electron chi connectivity index (χ3n) is 4.66. The maximum atomic E-state index is 12.0. The first kappa shape index (κ1) is 13.9. The molecular weight excluding hydrogens is 224 g/mol. The normalized spacial score (nSPS) is 32.4. The number of hydrogen-bond acceptors (Lipinski definition) is 2. The molecule has 0 aromatic carbocycles. The Morgan fingerprint density at radius 3 is 2.78 bits per heavy atom. The molecule has 2 N–H and O–H groups in total. The van der Waals surface area contributed by atoms with Gasteiger partial charge < -0.3 is 10.6 Å². The average Bonchev–Trinajstić information content (AvgIpc) is 2.90. The van der Waals surface area contributed by atoms with Crippen LogP contribution in [0, 0.1) is 5.92 Å². The summed E-state index contributed by atoms with van der Waals surface area (Å²) in [5.41, 5.74) is 0. The maximum absolute atomic E-state index is 12.0. The van der Waals surface area contributed by atoms with Crippen LogP contribution in [-0.4, -0.2) is 24.5 Å². The van der Waals surface area contributed by atoms with Crippen molar-refractivity contribution in [2.24, 2.45) is 5.92 Å². The second-order valence-electron chi connectivity index (χ2n) is 5.96. The van der Waals surface area contributed by atoms with Crippen LogP contribution in [-0.2, 0) is 4.79 Å². The highest BCUT2D eigenvalue weighted by atomic mass is 16.1. The zero-order valence-electron chi connectivity index (χ0n) is 11.7. The first-order valence-corrected chi connectivity index (χ1v) is 7.82. The van der Waals surface area contributed by atoms with Gasteiger partial charge in [0.15, 0.2) is 0 Å². The SMILES string of the molecule is CCC1CCCCC1NC(=O)CCC1CCCN1. The van der Waals surface area contributed by atoms with Gasteiger partial charge in [0, 0.05) is 18.5 Å². The standard InChI is InChI=1S/C15H28N2O/c1-2-12-6-3-4-8-14(12)17-15(18)10-9-13-7-5-11-16-13/h12-14,16H,2-11H2,1H3,(H,17,18). The Hall–Kier alpha value is -0.570. The maximum Gasteiger partial charge on any atom is 0.220 e. The molecule has 0 bridgehead atoms. The largest absolute Gasteiger partial charge is 0.353 e. The minimum atomic E-state index is 0.272. The van der Waals surface area contributed by atoms with Crippen LogP contribution in [0.15, 0.2) is 0 Å². The van der Waals surface area contributed by atoms with E-state index < -0.39 is 0 Å². The number of hydrogen-bond donors (Lipinski definition) is 2. The average molecular weight is 252 g/mol. The second-order valence-corrected chi connectivity index (χ2v) is 5.96. The molecule has 3 atom stereocenters. The van der Waals surface area contributed by atoms with Gasteiger partial charge in [0.25, 0.3) is 0 Å². The molecule has 3 nitrogen and oxygen atoms in total. The fraction of sp³-hybridized carbons (Fsp3) is 0.933. The molecule has 3 unspecified atom stereocenters. The first-order chi connectivity index (χ1) is 8.79. The van der Waals surface area contributed by atoms with Gasteiger partial charge in [-0.2, -0.15) is 0 Å². The summed E-state index contributed by atoms with van der Waals surface area (Å²) in [7, 11) is 0. The van der Waals surface area contributed by atoms with Crippen molar-refractivity contribution in [2.75, 3.05) is 6.54 Å². The van der Waals surface area contributed by atoms with Crippen LogP contribution in [0.25, 0.3) is 0 Å². The molecule has 0 aromatic heterocycles. The Bertz CT molecular complexity index is 261. The Morgan fingerprint density at radius 2 is 2.06 bits per heavy atom. The van der Waals surface area contributed by atoms with Crippen molar-refractivity contribution in [1.82, 2.24) is 10.6 Å². The van der Waals surface area contributed by atoms with Gasteiger partial charge in [-0.15, -0.1) is 0 Å². The smallest absolute Gasteiger partial charge is 0.220 e. The van der Waals surface area contributed by atoms with Gasteiger partial charge >= 0.3 is 0 Å². The van der Waals surface area contributed by atoms with E-state index in [1.54, 1.807) is 0 Å². The van der Waals surface area contributed by atoms with Gasteiger partial charge in [-0.1, -0.05) is 26.2 Å². The third kappa shape index (κ3) is 3.98. The van der Waals surface area contributed by atoms with E-state index in [2.05, 4.69) is 17.6 Å². The third-order valence-corrected chi connectivity index (χ3v) is 4.66. The molecule has 1 aliphatic carbocycles. The van der Waals surface area contributed by atoms with Crippen molar-refractivity contribution in [2.45, 2.75) is 76.8 Å². The van der Waals surface area contributed by atoms with Crippen LogP contribution in [0.2, 0.25) is 0 Å². The van der Waals surface area contributed by atoms with Gasteiger partial charge in [0.1, 0.15) is 0 Å². The van der Waals surface area contributed by atoms with Crippen LogP contribution in [0.4, 0.5) is 0 Å². The van der Waals surface area contributed by atoms with Crippen LogP contribution < -0.4 is 10.6 Å². The molecule has 1 amide bonds. The van der Waals surface area contributed by atoms with Crippen molar-refractivity contribution < 1.29 is 4.79 Å². The highest BCUT2D eigenvalue weighted by Gasteiger charge is 2.25. The minimum Gasteiger partial charge on any atom is -0.353 e. The zero-order chi connectivity index (χ0) is 12.8. The summed E-state index contributed by atoms with van der Waals surface area (Å²) in [5, 5.41) is 6.73. The fourth-order valence-electron chi connectivity index (χ4n) is 3.47. The molecule has 104 valence electrons. The Balaban J connectivity index is 1.68. The van der Waals surface area contributed by atoms with Crippen molar-refractivity contribution in [1.29, 1.82) is 0 Å². The lowest BCUT2D eigenvalue weighted by Gasteiger charge is -2.31. The van der Waals surface area contributed by atoms with E-state index in [9.17, 15) is 4.79 Å². The Kier molecular flexibility index (Phi) is 5.48. The quantitative estimate of drug-likeness (QED) is 0.789. The molecule has 2 rings (SSSR count). The number of rotatable bonds is 5. The van der Waals surface area contributed by atoms with Crippen LogP contribution >= 0.6 is 0 Å². The zero-order valence-corrected chi connectivity index (χ0v) is 11.7. The van der Waals surface area contributed by atoms with Crippen molar-refractivity contribution in [3.63, 3.8) is 0 Å². The van der Waals surface area contributed by atoms with E-state index in [0.29, 0.717) is 24.4 Å². The molecule has 1 saturated heterocycles. The Morgan fingerprint density at radius 1 is 1.22 bits per heavy atom. The van der Waals surface area contributed by atoms with Crippen molar-refractivity contribution in [3.8, 4) is 0 Å². The molecule has 3 heteroatoms. The molecule has 1 saturated carbocycles. The van der Waals surface area contributed by atoms with E-state index in [1.165, 1.54) is 44.9 Å². The van der Waals surface area contributed by atoms with E-state index >= 15 is 0 Å². The summed E-state index contributed by atoms with van der Waals surface area (Å²) in [5.74, 6) is 0.987. The topological polar surface area (TPSA) is 41.1 Å². The number of carbonyl (C=O) groups is 1. The molecule has 18 heavy (non-hydrogen) atoms. The number of carbonyl (C=O) groups excluding carboxylic acids is 1. The van der Waals surface area contributed by atoms with Gasteiger partial charge in [-0.25, -0.2) is 0 Å². The van der Waals surface area contributed by atoms with Crippen LogP contribution in [0.5, 0.6) is 0 Å². The lowest BCUT2D eigenvalue weighted by molar-refractivity contribution is -0.122. The van der Waals surface area contributed by atoms with Crippen LogP contribution in [0.3, 0.4) is 0 Å². The monoisotopic (exact) mass is 252 g/mol. The molecule has 0 aromatic rings. The van der Waals surface area contributed by atoms with Crippen molar-refractivity contribution >= 4 is 5.91 Å². The second kappa shape index (κ2) is 7.13. The number of amides is 1. The van der Waals surface area contributed by atoms with E-state index in [-0.39, 0.29) is 5.91 Å². The molecule has 0 spiro atoms. The molecule has 2 aliphatic rings. The molecule has 1 heterocycles. The highest BCUT2D eigenvalue weighted by molar-refractivity contribution is 5.76. The van der Waals surface area contributed by atoms with E-state index in [0.717, 1.165) is 13.0 Å². The van der Waals surface area contributed by atoms with E-state index in [1.807, 2.05) is 0 Å². The predicted molar refractivity (Wildman–Crippen MR) is 74.4 cm³/mol. The van der Waals surface area contributed by atoms with Gasteiger partial charge in [-0.3, -0.25) is 4.79 Å². The van der Waals surface area contributed by atoms with E-state index in [4.69, 9.17) is 0 Å². The summed E-state index contributed by atoms with van der Waals surface area (Å²) in [6, 6.07) is 1.04. The predicted octanol–water partition coefficient (Wildman–Crippen LogP) is 2.60. The van der Waals surface area contributed by atoms with Crippen LogP contribution in [0.1, 0.15) is 64.7 Å². The summed E-state index contributed by atoms with van der Waals surface area (Å²) in [4.78, 5) is 12.0. The van der Waals surface area contributed by atoms with Crippen molar-refractivity contribution in [3.05, 3.63) is 0 Å². The molecule has 1 aliphatic heterocycles. The summed E-state index contributed by atoms with van der Waals surface area (Å²) < 4.78 is 0. The van der Waals surface area contributed by atoms with Gasteiger partial charge in [-0.05, 0) is 44.6 Å². The minimum absolute atomic E-state index is 0.272. The lowest BCUT2D eigenvalue weighted by atomic mass is 9.83. The molecule has 2 fully saturated rings. The first-order valence-electron chi connectivity index (χ1n) is 7.82. The van der Waals surface area contributed by atoms with Gasteiger partial charge in [0.05, 0.1) is 0 Å². The van der Waals surface area contributed by atoms with Gasteiger partial charge in [0.2, 0.25) is 5.91 Å². The summed E-state index contributed by atoms with van der Waals surface area (Å²) in [6.45, 7) is 3.38. The summed E-state index contributed by atoms with van der Waals surface area (Å²) in [6.07, 6.45) is 10.5. The number of nitrogens with one attached hydrogen (secondary N) is 2. The molecule has 0 radical (unpaired) electrons. The highest BCUT2D eigenvalue weighted by Crippen LogP contribution is 2.26. The Labute approximate surface area is 111 Å². The lowest BCUT2D eigenvalue weighted by Crippen LogP contribution is -2.42. The summed E-state index contributed by atoms with van der Waals surface area (Å²) >= 11 is 0. The molecular formula is C15H28N2O. The fourth-order valence-corrected chi connectivity index (χ4v) is 3.47.